The van der Waals surface area contributed by atoms with Crippen molar-refractivity contribution in [3.63, 3.8) is 0 Å². The molecule has 0 aromatic rings. The molecule has 4 rings (SSSR count). The third-order valence-electron chi connectivity index (χ3n) is 19.0. The van der Waals surface area contributed by atoms with Crippen LogP contribution < -0.4 is 0 Å². The Morgan fingerprint density at radius 1 is 0.253 bits per heavy atom. The molecule has 0 aliphatic heterocycles. The quantitative estimate of drug-likeness (QED) is 0.0618. The van der Waals surface area contributed by atoms with Gasteiger partial charge < -0.3 is 34.3 Å². The van der Waals surface area contributed by atoms with E-state index in [0.717, 1.165) is 41.4 Å². The van der Waals surface area contributed by atoms with Gasteiger partial charge in [0, 0.05) is 26.2 Å². The fourth-order valence-electron chi connectivity index (χ4n) is 12.5. The summed E-state index contributed by atoms with van der Waals surface area (Å²) in [7, 11) is 0. The maximum absolute atomic E-state index is 2.58. The second-order valence-electron chi connectivity index (χ2n) is 25.4. The summed E-state index contributed by atoms with van der Waals surface area (Å²) >= 11 is 0. The Morgan fingerprint density at radius 2 is 0.515 bits per heavy atom. The van der Waals surface area contributed by atoms with Crippen LogP contribution in [0.1, 0.15) is 431 Å². The van der Waals surface area contributed by atoms with Gasteiger partial charge in [-0.2, -0.15) is 0 Å². The Kier molecular flexibility index (Phi) is 158. The molecule has 99 heavy (non-hydrogen) atoms. The molecule has 4 saturated carbocycles. The highest BCUT2D eigenvalue weighted by molar-refractivity contribution is 4.76. The first-order chi connectivity index (χ1) is 48.2. The number of nitrogens with zero attached hydrogens (tertiary/aromatic N) is 7. The molecule has 4 unspecified atom stereocenters. The van der Waals surface area contributed by atoms with Gasteiger partial charge in [0.15, 0.2) is 0 Å². The van der Waals surface area contributed by atoms with Gasteiger partial charge in [-0.05, 0) is 217 Å². The van der Waals surface area contributed by atoms with Crippen molar-refractivity contribution in [2.24, 2.45) is 41.4 Å². The zero-order chi connectivity index (χ0) is 79.9. The second-order valence-corrected chi connectivity index (χ2v) is 25.4. The van der Waals surface area contributed by atoms with Crippen LogP contribution in [0, 0.1) is 41.4 Å². The van der Waals surface area contributed by atoms with Crippen LogP contribution in [0.25, 0.3) is 0 Å². The van der Waals surface area contributed by atoms with Gasteiger partial charge in [-0.3, -0.25) is 0 Å². The van der Waals surface area contributed by atoms with Crippen LogP contribution in [-0.2, 0) is 0 Å². The van der Waals surface area contributed by atoms with Gasteiger partial charge in [0.25, 0.3) is 0 Å². The van der Waals surface area contributed by atoms with Crippen LogP contribution in [0.3, 0.4) is 0 Å². The Bertz CT molecular complexity index is 1090. The molecule has 4 aliphatic rings. The highest BCUT2D eigenvalue weighted by atomic mass is 15.1. The molecule has 0 bridgehead atoms. The van der Waals surface area contributed by atoms with E-state index in [-0.39, 0.29) is 0 Å². The van der Waals surface area contributed by atoms with Crippen LogP contribution in [0.5, 0.6) is 0 Å². The van der Waals surface area contributed by atoms with E-state index in [0.29, 0.717) is 0 Å². The van der Waals surface area contributed by atoms with Gasteiger partial charge in [-0.25, -0.2) is 0 Å². The van der Waals surface area contributed by atoms with Crippen molar-refractivity contribution < 1.29 is 0 Å². The van der Waals surface area contributed by atoms with Crippen molar-refractivity contribution >= 4 is 0 Å². The third-order valence-corrected chi connectivity index (χ3v) is 19.0. The summed E-state index contributed by atoms with van der Waals surface area (Å²) in [4.78, 5) is 17.7. The zero-order valence-electron chi connectivity index (χ0n) is 79.0. The van der Waals surface area contributed by atoms with Crippen LogP contribution in [0.15, 0.2) is 0 Å². The monoisotopic (exact) mass is 1420 g/mol. The fourth-order valence-corrected chi connectivity index (χ4v) is 12.5. The van der Waals surface area contributed by atoms with E-state index in [9.17, 15) is 0 Å². The first-order valence-electron chi connectivity index (χ1n) is 46.2. The molecule has 620 valence electrons. The average Bonchev–Trinajstić information content (AvgIpc) is 1.31. The van der Waals surface area contributed by atoms with Crippen molar-refractivity contribution in [2.45, 2.75) is 431 Å². The summed E-state index contributed by atoms with van der Waals surface area (Å²) in [6.07, 6.45) is 34.6. The lowest BCUT2D eigenvalue weighted by Crippen LogP contribution is -2.33. The van der Waals surface area contributed by atoms with Gasteiger partial charge >= 0.3 is 0 Å². The minimum atomic E-state index is 0.848. The van der Waals surface area contributed by atoms with E-state index in [4.69, 9.17) is 0 Å². The van der Waals surface area contributed by atoms with Gasteiger partial charge in [0.2, 0.25) is 0 Å². The van der Waals surface area contributed by atoms with E-state index < -0.39 is 0 Å². The van der Waals surface area contributed by atoms with Gasteiger partial charge in [0.05, 0.1) is 0 Å². The van der Waals surface area contributed by atoms with Crippen molar-refractivity contribution in [3.8, 4) is 0 Å². The first kappa shape index (κ1) is 128. The standard InChI is InChI=1S/2C12H25N.2C11H23N.2C9H21N.C8H19N.10C2H6/c1-4-13(5-2)10-12-8-6-7-11(3)9-12;1-4-13(5-2)10-12-9-7-6-8-11(12)3;2*1-3-12(4-2)10-11-8-6-5-7-9-11;1-5-10(6-2)8-7-9(3)4;1-4-7-8-9-10(5-2)6-3;1-4-7-8-9(5-2)6-3;10*1-2/h2*11-12H,4-10H2,1-3H3;2*11H,3-10H2,1-2H3;9H,5-8H2,1-4H3;4-9H2,1-3H3;4-8H2,1-3H3;10*1-2H3. The fraction of sp³-hybridized carbons (Fsp3) is 1.00. The van der Waals surface area contributed by atoms with Crippen molar-refractivity contribution in [3.05, 3.63) is 0 Å². The van der Waals surface area contributed by atoms with Gasteiger partial charge in [-0.15, -0.1) is 0 Å². The minimum Gasteiger partial charge on any atom is -0.304 e. The number of hydrogen-bond acceptors (Lipinski definition) is 7. The summed E-state index contributed by atoms with van der Waals surface area (Å²) in [6.45, 7) is 112. The Morgan fingerprint density at radius 3 is 0.798 bits per heavy atom. The Balaban J connectivity index is -0.0000000760. The minimum absolute atomic E-state index is 0.848. The summed E-state index contributed by atoms with van der Waals surface area (Å²) in [5, 5.41) is 0. The lowest BCUT2D eigenvalue weighted by Gasteiger charge is -2.32. The molecule has 0 saturated heterocycles. The van der Waals surface area contributed by atoms with E-state index in [1.807, 2.05) is 138 Å². The third kappa shape index (κ3) is 99.8. The number of rotatable bonds is 32. The highest BCUT2D eigenvalue weighted by Crippen LogP contribution is 2.31. The van der Waals surface area contributed by atoms with E-state index >= 15 is 0 Å². The number of hydrogen-bond donors (Lipinski definition) is 0. The largest absolute Gasteiger partial charge is 0.304 e. The van der Waals surface area contributed by atoms with Gasteiger partial charge in [-0.1, -0.05) is 367 Å². The Hall–Kier alpha value is -0.280. The average molecular weight is 1420 g/mol. The molecule has 7 nitrogen and oxygen atoms in total. The molecule has 4 atom stereocenters. The molecule has 0 amide bonds. The van der Waals surface area contributed by atoms with Crippen LogP contribution in [0.2, 0.25) is 0 Å². The SMILES string of the molecule is CC.CC.CC.CC.CC.CC.CC.CC.CC.CC.CCCCCN(CC)CC.CCCCN(CC)CC.CCN(CC)CC1CCCC(C)C1.CCN(CC)CC1CCCCC1.CCN(CC)CC1CCCCC1.CCN(CC)CC1CCCCC1C.CCN(CC)CCC(C)C. The molecule has 7 heteroatoms. The molecule has 4 fully saturated rings. The molecule has 0 aromatic heterocycles. The normalized spacial score (nSPS) is 16.5. The summed E-state index contributed by atoms with van der Waals surface area (Å²) in [6, 6.07) is 0. The topological polar surface area (TPSA) is 22.7 Å². The van der Waals surface area contributed by atoms with E-state index in [2.05, 4.69) is 173 Å². The van der Waals surface area contributed by atoms with Crippen molar-refractivity contribution in [1.29, 1.82) is 0 Å². The van der Waals surface area contributed by atoms with Crippen LogP contribution in [-0.4, -0.2) is 172 Å². The first-order valence-corrected chi connectivity index (χ1v) is 46.2. The van der Waals surface area contributed by atoms with Crippen LogP contribution in [0.4, 0.5) is 0 Å². The van der Waals surface area contributed by atoms with Gasteiger partial charge in [0.1, 0.15) is 0 Å². The van der Waals surface area contributed by atoms with E-state index in [1.165, 1.54) is 292 Å². The smallest absolute Gasteiger partial charge is 0.00120 e. The lowest BCUT2D eigenvalue weighted by atomic mass is 9.80. The highest BCUT2D eigenvalue weighted by Gasteiger charge is 2.23. The zero-order valence-corrected chi connectivity index (χ0v) is 79.0. The Labute approximate surface area is 640 Å². The molecular formula is C92H217N7. The molecule has 0 N–H and O–H groups in total. The maximum Gasteiger partial charge on any atom is 0.00120 e. The van der Waals surface area contributed by atoms with Crippen molar-refractivity contribution in [1.82, 2.24) is 34.3 Å². The lowest BCUT2D eigenvalue weighted by molar-refractivity contribution is 0.169. The summed E-state index contributed by atoms with van der Waals surface area (Å²) < 4.78 is 0. The molecule has 0 radical (unpaired) electrons. The predicted molar refractivity (Wildman–Crippen MR) is 477 cm³/mol. The van der Waals surface area contributed by atoms with Crippen molar-refractivity contribution in [2.75, 3.05) is 137 Å². The van der Waals surface area contributed by atoms with Crippen LogP contribution >= 0.6 is 0 Å². The maximum atomic E-state index is 2.58. The predicted octanol–water partition coefficient (Wildman–Crippen LogP) is 29.4. The molecule has 0 aromatic carbocycles. The van der Waals surface area contributed by atoms with E-state index in [1.54, 1.807) is 0 Å². The molecule has 0 spiro atoms. The summed E-state index contributed by atoms with van der Waals surface area (Å²) in [5.41, 5.74) is 0. The molecule has 4 aliphatic carbocycles. The molecule has 0 heterocycles. The summed E-state index contributed by atoms with van der Waals surface area (Å²) in [5.74, 6) is 6.79. The second kappa shape index (κ2) is 122. The molecular weight excluding hydrogens is 1200 g/mol. The number of unbranched alkanes of at least 4 members (excludes halogenated alkanes) is 3.